The van der Waals surface area contributed by atoms with Crippen LogP contribution in [0.25, 0.3) is 0 Å². The molecule has 3 aromatic carbocycles. The first-order chi connectivity index (χ1) is 16.5. The number of amides is 2. The van der Waals surface area contributed by atoms with Crippen LogP contribution in [0.4, 0.5) is 0 Å². The van der Waals surface area contributed by atoms with E-state index < -0.39 is 6.04 Å². The van der Waals surface area contributed by atoms with Gasteiger partial charge in [0.05, 0.1) is 0 Å². The van der Waals surface area contributed by atoms with Gasteiger partial charge in [-0.3, -0.25) is 9.59 Å². The van der Waals surface area contributed by atoms with E-state index in [-0.39, 0.29) is 24.5 Å². The summed E-state index contributed by atoms with van der Waals surface area (Å²) in [5, 5.41) is 3.08. The lowest BCUT2D eigenvalue weighted by Crippen LogP contribution is -2.53. The second kappa shape index (κ2) is 12.6. The van der Waals surface area contributed by atoms with Crippen molar-refractivity contribution in [1.82, 2.24) is 10.2 Å². The van der Waals surface area contributed by atoms with Crippen molar-refractivity contribution >= 4 is 11.8 Å². The molecule has 3 rings (SSSR count). The predicted octanol–water partition coefficient (Wildman–Crippen LogP) is 4.93. The first-order valence-corrected chi connectivity index (χ1v) is 11.8. The third-order valence-corrected chi connectivity index (χ3v) is 5.91. The number of hydrogen-bond donors (Lipinski definition) is 1. The van der Waals surface area contributed by atoms with Crippen LogP contribution in [-0.2, 0) is 22.6 Å². The highest BCUT2D eigenvalue weighted by atomic mass is 16.5. The molecule has 0 unspecified atom stereocenters. The highest BCUT2D eigenvalue weighted by Crippen LogP contribution is 2.18. The van der Waals surface area contributed by atoms with E-state index in [1.54, 1.807) is 4.90 Å². The highest BCUT2D eigenvalue weighted by Gasteiger charge is 2.31. The lowest BCUT2D eigenvalue weighted by molar-refractivity contribution is -0.143. The van der Waals surface area contributed by atoms with E-state index in [0.29, 0.717) is 18.7 Å². The summed E-state index contributed by atoms with van der Waals surface area (Å²) in [5.74, 6) is 0.282. The number of aryl methyl sites for hydroxylation is 1. The maximum Gasteiger partial charge on any atom is 0.261 e. The molecule has 0 aliphatic rings. The van der Waals surface area contributed by atoms with Crippen molar-refractivity contribution < 1.29 is 14.3 Å². The molecule has 2 amide bonds. The zero-order chi connectivity index (χ0) is 24.3. The van der Waals surface area contributed by atoms with Crippen molar-refractivity contribution in [3.8, 4) is 5.75 Å². The molecule has 1 N–H and O–H groups in total. The van der Waals surface area contributed by atoms with Crippen molar-refractivity contribution in [2.75, 3.05) is 6.61 Å². The SMILES string of the molecule is CC[C@H](C)NC(=O)[C@H](Cc1ccccc1)N(Cc1ccccc1)C(=O)COc1ccccc1C. The van der Waals surface area contributed by atoms with Gasteiger partial charge in [-0.25, -0.2) is 0 Å². The Balaban J connectivity index is 1.90. The van der Waals surface area contributed by atoms with Gasteiger partial charge in [0.25, 0.3) is 5.91 Å². The Morgan fingerprint density at radius 3 is 2.09 bits per heavy atom. The number of hydrogen-bond acceptors (Lipinski definition) is 3. The Hall–Kier alpha value is -3.60. The molecule has 0 spiro atoms. The average molecular weight is 459 g/mol. The Bertz CT molecular complexity index is 1050. The number of nitrogens with one attached hydrogen (secondary N) is 1. The molecule has 5 heteroatoms. The Kier molecular flexibility index (Phi) is 9.27. The lowest BCUT2D eigenvalue weighted by Gasteiger charge is -2.32. The summed E-state index contributed by atoms with van der Waals surface area (Å²) in [6.07, 6.45) is 1.23. The first-order valence-electron chi connectivity index (χ1n) is 11.8. The van der Waals surface area contributed by atoms with Crippen LogP contribution in [-0.4, -0.2) is 35.4 Å². The van der Waals surface area contributed by atoms with E-state index in [0.717, 1.165) is 23.1 Å². The van der Waals surface area contributed by atoms with Crippen molar-refractivity contribution in [2.45, 2.75) is 52.2 Å². The maximum absolute atomic E-state index is 13.5. The number of ether oxygens (including phenoxy) is 1. The molecular weight excluding hydrogens is 424 g/mol. The molecule has 34 heavy (non-hydrogen) atoms. The fourth-order valence-electron chi connectivity index (χ4n) is 3.72. The summed E-state index contributed by atoms with van der Waals surface area (Å²) in [6.45, 7) is 6.13. The molecule has 0 heterocycles. The molecule has 178 valence electrons. The van der Waals surface area contributed by atoms with E-state index in [1.807, 2.05) is 106 Å². The van der Waals surface area contributed by atoms with Gasteiger partial charge in [0.2, 0.25) is 5.91 Å². The van der Waals surface area contributed by atoms with Crippen LogP contribution in [0.5, 0.6) is 5.75 Å². The van der Waals surface area contributed by atoms with Gasteiger partial charge >= 0.3 is 0 Å². The predicted molar refractivity (Wildman–Crippen MR) is 135 cm³/mol. The van der Waals surface area contributed by atoms with Crippen molar-refractivity contribution in [3.05, 3.63) is 102 Å². The molecule has 5 nitrogen and oxygen atoms in total. The number of rotatable bonds is 11. The Labute approximate surface area is 202 Å². The highest BCUT2D eigenvalue weighted by molar-refractivity contribution is 5.88. The van der Waals surface area contributed by atoms with Gasteiger partial charge in [0.15, 0.2) is 6.61 Å². The Morgan fingerprint density at radius 1 is 0.882 bits per heavy atom. The summed E-state index contributed by atoms with van der Waals surface area (Å²) < 4.78 is 5.88. The second-order valence-corrected chi connectivity index (χ2v) is 8.58. The maximum atomic E-state index is 13.5. The first kappa shape index (κ1) is 25.0. The number of carbonyl (C=O) groups is 2. The van der Waals surface area contributed by atoms with Gasteiger partial charge in [0.1, 0.15) is 11.8 Å². The second-order valence-electron chi connectivity index (χ2n) is 8.58. The van der Waals surface area contributed by atoms with Crippen LogP contribution >= 0.6 is 0 Å². The van der Waals surface area contributed by atoms with E-state index in [4.69, 9.17) is 4.74 Å². The molecule has 0 saturated carbocycles. The third kappa shape index (κ3) is 7.20. The topological polar surface area (TPSA) is 58.6 Å². The third-order valence-electron chi connectivity index (χ3n) is 5.91. The average Bonchev–Trinajstić information content (AvgIpc) is 2.86. The standard InChI is InChI=1S/C29H34N2O3/c1-4-23(3)30-29(33)26(19-24-14-7-5-8-15-24)31(20-25-16-9-6-10-17-25)28(32)21-34-27-18-12-11-13-22(27)2/h5-18,23,26H,4,19-21H2,1-3H3,(H,30,33)/t23-,26-/m0/s1. The molecule has 0 radical (unpaired) electrons. The quantitative estimate of drug-likeness (QED) is 0.443. The minimum atomic E-state index is -0.662. The lowest BCUT2D eigenvalue weighted by atomic mass is 10.0. The van der Waals surface area contributed by atoms with Gasteiger partial charge in [-0.15, -0.1) is 0 Å². The van der Waals surface area contributed by atoms with Gasteiger partial charge in [-0.2, -0.15) is 0 Å². The molecule has 0 aliphatic carbocycles. The van der Waals surface area contributed by atoms with E-state index in [1.165, 1.54) is 0 Å². The molecule has 3 aromatic rings. The normalized spacial score (nSPS) is 12.4. The fraction of sp³-hybridized carbons (Fsp3) is 0.310. The molecule has 0 saturated heterocycles. The van der Waals surface area contributed by atoms with Crippen molar-refractivity contribution in [1.29, 1.82) is 0 Å². The zero-order valence-corrected chi connectivity index (χ0v) is 20.2. The van der Waals surface area contributed by atoms with Crippen molar-refractivity contribution in [2.24, 2.45) is 0 Å². The number of nitrogens with zero attached hydrogens (tertiary/aromatic N) is 1. The van der Waals surface area contributed by atoms with Crippen LogP contribution < -0.4 is 10.1 Å². The van der Waals surface area contributed by atoms with Gasteiger partial charge < -0.3 is 15.0 Å². The van der Waals surface area contributed by atoms with E-state index in [9.17, 15) is 9.59 Å². The molecule has 0 fully saturated rings. The Morgan fingerprint density at radius 2 is 1.47 bits per heavy atom. The van der Waals surface area contributed by atoms with E-state index >= 15 is 0 Å². The van der Waals surface area contributed by atoms with Gasteiger partial charge in [-0.05, 0) is 43.0 Å². The van der Waals surface area contributed by atoms with Crippen LogP contribution in [0.1, 0.15) is 37.0 Å². The molecular formula is C29H34N2O3. The fourth-order valence-corrected chi connectivity index (χ4v) is 3.72. The molecule has 2 atom stereocenters. The van der Waals surface area contributed by atoms with Gasteiger partial charge in [0, 0.05) is 19.0 Å². The summed E-state index contributed by atoms with van der Waals surface area (Å²) >= 11 is 0. The largest absolute Gasteiger partial charge is 0.484 e. The summed E-state index contributed by atoms with van der Waals surface area (Å²) in [7, 11) is 0. The van der Waals surface area contributed by atoms with Crippen LogP contribution in [0.15, 0.2) is 84.9 Å². The summed E-state index contributed by atoms with van der Waals surface area (Å²) in [6, 6.07) is 26.5. The number of carbonyl (C=O) groups excluding carboxylic acids is 2. The monoisotopic (exact) mass is 458 g/mol. The minimum Gasteiger partial charge on any atom is -0.484 e. The molecule has 0 aliphatic heterocycles. The smallest absolute Gasteiger partial charge is 0.261 e. The van der Waals surface area contributed by atoms with Crippen LogP contribution in [0.3, 0.4) is 0 Å². The molecule has 0 aromatic heterocycles. The zero-order valence-electron chi connectivity index (χ0n) is 20.2. The van der Waals surface area contributed by atoms with Crippen molar-refractivity contribution in [3.63, 3.8) is 0 Å². The number of benzene rings is 3. The van der Waals surface area contributed by atoms with Crippen LogP contribution in [0, 0.1) is 6.92 Å². The van der Waals surface area contributed by atoms with Gasteiger partial charge in [-0.1, -0.05) is 85.8 Å². The molecule has 0 bridgehead atoms. The minimum absolute atomic E-state index is 0.0164. The van der Waals surface area contributed by atoms with E-state index in [2.05, 4.69) is 5.32 Å². The summed E-state index contributed by atoms with van der Waals surface area (Å²) in [5.41, 5.74) is 2.92. The number of para-hydroxylation sites is 1. The van der Waals surface area contributed by atoms with Crippen LogP contribution in [0.2, 0.25) is 0 Å². The summed E-state index contributed by atoms with van der Waals surface area (Å²) in [4.78, 5) is 28.6.